The third-order valence-corrected chi connectivity index (χ3v) is 14.2. The zero-order valence-electron chi connectivity index (χ0n) is 22.7. The lowest BCUT2D eigenvalue weighted by Crippen LogP contribution is -2.68. The molecule has 0 bridgehead atoms. The lowest BCUT2D eigenvalue weighted by atomic mass is 9.20. The summed E-state index contributed by atoms with van der Waals surface area (Å²) < 4.78 is -0.226. The molecule has 1 N–H and O–H groups in total. The molecule has 184 valence electrons. The molecular weight excluding hydrogens is 418 g/mol. The van der Waals surface area contributed by atoms with Gasteiger partial charge in [0, 0.05) is 4.75 Å². The summed E-state index contributed by atoms with van der Waals surface area (Å²) in [6, 6.07) is 0. The van der Waals surface area contributed by atoms with Gasteiger partial charge in [-0.1, -0.05) is 84.8 Å². The van der Waals surface area contributed by atoms with E-state index in [-0.39, 0.29) is 27.1 Å². The summed E-state index contributed by atoms with van der Waals surface area (Å²) in [6.45, 7) is 16.9. The van der Waals surface area contributed by atoms with Gasteiger partial charge in [-0.05, 0) is 84.9 Å². The van der Waals surface area contributed by atoms with Crippen molar-refractivity contribution in [3.8, 4) is 0 Å². The zero-order valence-corrected chi connectivity index (χ0v) is 23.6. The Balaban J connectivity index is 1.65. The molecule has 5 unspecified atom stereocenters. The number of aliphatic hydroxyl groups is 1. The maximum absolute atomic E-state index is 10.5. The van der Waals surface area contributed by atoms with E-state index < -0.39 is 10.6 Å². The van der Waals surface area contributed by atoms with Crippen molar-refractivity contribution in [2.45, 2.75) is 141 Å². The van der Waals surface area contributed by atoms with Crippen LogP contribution in [0.2, 0.25) is 10.6 Å². The van der Waals surface area contributed by atoms with E-state index in [2.05, 4.69) is 48.5 Å². The fraction of sp³-hybridized carbons (Fsp3) is 1.00. The first kappa shape index (κ1) is 26.5. The molecule has 0 amide bonds. The van der Waals surface area contributed by atoms with E-state index in [9.17, 15) is 5.11 Å². The molecule has 0 saturated heterocycles. The Morgan fingerprint density at radius 2 is 1.48 bits per heavy atom. The Bertz CT molecular complexity index is 760. The second-order valence-corrected chi connectivity index (χ2v) is 15.2. The molecule has 4 radical (unpaired) electrons. The van der Waals surface area contributed by atoms with Gasteiger partial charge in [0.2, 0.25) is 0 Å². The minimum absolute atomic E-state index is 0.0540. The van der Waals surface area contributed by atoms with Crippen LogP contribution in [0.15, 0.2) is 0 Å². The molecule has 10 atom stereocenters. The van der Waals surface area contributed by atoms with E-state index >= 15 is 0 Å². The molecule has 0 aromatic heterocycles. The molecule has 1 nitrogen and oxygen atoms in total. The van der Waals surface area contributed by atoms with Crippen LogP contribution in [-0.2, 0) is 0 Å². The maximum atomic E-state index is 10.5. The highest BCUT2D eigenvalue weighted by Gasteiger charge is 2.76. The summed E-state index contributed by atoms with van der Waals surface area (Å²) in [7, 11) is 15.3. The van der Waals surface area contributed by atoms with Crippen molar-refractivity contribution in [1.82, 2.24) is 0 Å². The Labute approximate surface area is 213 Å². The molecule has 4 fully saturated rings. The highest BCUT2D eigenvalue weighted by atomic mass is 32.1. The number of hydrogen-bond donors (Lipinski definition) is 2. The first-order chi connectivity index (χ1) is 15.1. The van der Waals surface area contributed by atoms with Crippen molar-refractivity contribution in [3.63, 3.8) is 0 Å². The molecule has 0 heterocycles. The van der Waals surface area contributed by atoms with E-state index in [1.165, 1.54) is 19.3 Å². The van der Waals surface area contributed by atoms with Gasteiger partial charge in [0.25, 0.3) is 0 Å². The Hall–Kier alpha value is 0.440. The van der Waals surface area contributed by atoms with Crippen LogP contribution in [0.3, 0.4) is 0 Å². The lowest BCUT2D eigenvalue weighted by molar-refractivity contribution is -0.147. The molecule has 4 heteroatoms. The van der Waals surface area contributed by atoms with Crippen molar-refractivity contribution in [3.05, 3.63) is 0 Å². The van der Waals surface area contributed by atoms with Gasteiger partial charge in [0.15, 0.2) is 0 Å². The van der Waals surface area contributed by atoms with Gasteiger partial charge < -0.3 is 5.11 Å². The summed E-state index contributed by atoms with van der Waals surface area (Å²) in [5, 5.41) is 9.65. The predicted molar refractivity (Wildman–Crippen MR) is 146 cm³/mol. The number of thiol groups is 1. The van der Waals surface area contributed by atoms with Gasteiger partial charge in [-0.25, -0.2) is 0 Å². The number of aliphatic hydroxyl groups excluding tert-OH is 1. The van der Waals surface area contributed by atoms with Gasteiger partial charge in [-0.2, -0.15) is 12.6 Å². The Kier molecular flexibility index (Phi) is 6.60. The molecule has 33 heavy (non-hydrogen) atoms. The fourth-order valence-electron chi connectivity index (χ4n) is 9.84. The predicted octanol–water partition coefficient (Wildman–Crippen LogP) is 7.58. The highest BCUT2D eigenvalue weighted by molar-refractivity contribution is 7.82. The summed E-state index contributed by atoms with van der Waals surface area (Å²) >= 11 is 5.63. The molecule has 0 aromatic carbocycles. The van der Waals surface area contributed by atoms with Crippen LogP contribution in [0.5, 0.6) is 0 Å². The third-order valence-electron chi connectivity index (χ3n) is 13.1. The molecule has 0 aliphatic heterocycles. The Morgan fingerprint density at radius 3 is 2.12 bits per heavy atom. The van der Waals surface area contributed by atoms with Gasteiger partial charge in [0.1, 0.15) is 0 Å². The van der Waals surface area contributed by atoms with Crippen molar-refractivity contribution < 1.29 is 5.11 Å². The third kappa shape index (κ3) is 3.30. The average molecular weight is 468 g/mol. The number of hydrogen-bond acceptors (Lipinski definition) is 2. The molecule has 4 rings (SSSR count). The lowest BCUT2D eigenvalue weighted by Gasteiger charge is -2.78. The summed E-state index contributed by atoms with van der Waals surface area (Å²) in [4.78, 5) is 0. The quantitative estimate of drug-likeness (QED) is 0.315. The van der Waals surface area contributed by atoms with Gasteiger partial charge >= 0.3 is 0 Å². The second-order valence-electron chi connectivity index (χ2n) is 14.4. The van der Waals surface area contributed by atoms with Crippen LogP contribution in [0.4, 0.5) is 0 Å². The largest absolute Gasteiger partial charge is 0.393 e. The molecule has 0 spiro atoms. The smallest absolute Gasteiger partial charge is 0.0763 e. The van der Waals surface area contributed by atoms with E-state index in [0.717, 1.165) is 63.2 Å². The van der Waals surface area contributed by atoms with Crippen LogP contribution >= 0.6 is 12.6 Å². The van der Waals surface area contributed by atoms with E-state index in [1.807, 2.05) is 0 Å². The Morgan fingerprint density at radius 1 is 0.848 bits per heavy atom. The molecular formula is C29H50B2OS. The van der Waals surface area contributed by atoms with Gasteiger partial charge in [0.05, 0.1) is 21.8 Å². The average Bonchev–Trinajstić information content (AvgIpc) is 3.02. The monoisotopic (exact) mass is 468 g/mol. The summed E-state index contributed by atoms with van der Waals surface area (Å²) in [6.07, 6.45) is 11.6. The van der Waals surface area contributed by atoms with Crippen molar-refractivity contribution in [2.75, 3.05) is 0 Å². The van der Waals surface area contributed by atoms with Crippen molar-refractivity contribution >= 4 is 28.3 Å². The molecule has 0 aromatic rings. The van der Waals surface area contributed by atoms with E-state index in [4.69, 9.17) is 28.3 Å². The van der Waals surface area contributed by atoms with Crippen LogP contribution < -0.4 is 0 Å². The fourth-order valence-corrected chi connectivity index (χ4v) is 10.6. The number of fused-ring (bicyclic) bond motifs is 5. The van der Waals surface area contributed by atoms with E-state index in [0.29, 0.717) is 11.8 Å². The van der Waals surface area contributed by atoms with Crippen LogP contribution in [0.25, 0.3) is 0 Å². The molecule has 4 saturated carbocycles. The van der Waals surface area contributed by atoms with Crippen molar-refractivity contribution in [1.29, 1.82) is 0 Å². The molecule has 4 aliphatic rings. The standard InChI is InChI=1S/C29H50B2OS/c1-19(2)20(3)8-9-21(4)23-11-13-29(33)25(23,6)15-17-27(30)26(7)12-10-22(32)18-24(26,5)14-16-28(27,29)31/h19-23,32-33H,8-18H2,1-7H3/t20-,21+,22?,23?,24-,25?,26?,27-,28?,29-/m0/s1. The first-order valence-electron chi connectivity index (χ1n) is 14.1. The highest BCUT2D eigenvalue weighted by Crippen LogP contribution is 2.87. The van der Waals surface area contributed by atoms with Crippen LogP contribution in [-0.4, -0.2) is 31.7 Å². The minimum Gasteiger partial charge on any atom is -0.393 e. The van der Waals surface area contributed by atoms with E-state index in [1.54, 1.807) is 0 Å². The second kappa shape index (κ2) is 8.22. The van der Waals surface area contributed by atoms with Crippen molar-refractivity contribution in [2.24, 2.45) is 39.9 Å². The minimum atomic E-state index is -0.466. The van der Waals surface area contributed by atoms with Gasteiger partial charge in [-0.15, -0.1) is 0 Å². The molecule has 4 aliphatic carbocycles. The SMILES string of the molecule is [B]C12CC[C@@]3(C)CC(O)CCC3(C)[C@@]1([B])CCC1(C)C([C@H](C)CC[C@H](C)C(C)C)CC[C@]12S. The maximum Gasteiger partial charge on any atom is 0.0763 e. The number of rotatable bonds is 5. The summed E-state index contributed by atoms with van der Waals surface area (Å²) in [5.74, 6) is 2.91. The topological polar surface area (TPSA) is 20.2 Å². The zero-order chi connectivity index (χ0) is 24.7. The van der Waals surface area contributed by atoms with Crippen LogP contribution in [0.1, 0.15) is 119 Å². The normalized spacial score (nSPS) is 53.8. The first-order valence-corrected chi connectivity index (χ1v) is 14.5. The summed E-state index contributed by atoms with van der Waals surface area (Å²) in [5.41, 5.74) is 0.130. The van der Waals surface area contributed by atoms with Gasteiger partial charge in [-0.3, -0.25) is 0 Å². The van der Waals surface area contributed by atoms with Crippen LogP contribution in [0, 0.1) is 39.9 Å².